The highest BCUT2D eigenvalue weighted by atomic mass is 16.5. The Hall–Kier alpha value is -3.11. The van der Waals surface area contributed by atoms with Crippen molar-refractivity contribution in [1.29, 1.82) is 0 Å². The third-order valence-corrected chi connectivity index (χ3v) is 5.95. The second-order valence-corrected chi connectivity index (χ2v) is 8.34. The molecule has 1 saturated heterocycles. The van der Waals surface area contributed by atoms with E-state index in [0.29, 0.717) is 13.2 Å². The number of nitrogens with zero attached hydrogens (tertiary/aromatic N) is 1. The standard InChI is InChI=1S/C27H29NO3/c1-20-8-5-11-22(16-20)26(28-15-7-13-24(18-28)27(29)30)23-12-6-14-25(17-23)31-19-21-9-3-2-4-10-21/h2-6,8-12,14,16-17,24,26H,7,13,15,18-19H2,1H3,(H,29,30). The number of carbonyl (C=O) groups is 1. The average Bonchev–Trinajstić information content (AvgIpc) is 2.79. The van der Waals surface area contributed by atoms with E-state index in [2.05, 4.69) is 60.4 Å². The molecule has 31 heavy (non-hydrogen) atoms. The first-order valence-electron chi connectivity index (χ1n) is 10.9. The summed E-state index contributed by atoms with van der Waals surface area (Å²) >= 11 is 0. The first-order valence-corrected chi connectivity index (χ1v) is 10.9. The molecule has 1 aliphatic rings. The van der Waals surface area contributed by atoms with Crippen molar-refractivity contribution in [2.75, 3.05) is 13.1 Å². The summed E-state index contributed by atoms with van der Waals surface area (Å²) in [6.07, 6.45) is 1.63. The molecule has 2 unspecified atom stereocenters. The summed E-state index contributed by atoms with van der Waals surface area (Å²) < 4.78 is 6.08. The zero-order valence-corrected chi connectivity index (χ0v) is 17.9. The number of aliphatic carboxylic acids is 1. The molecule has 0 aliphatic carbocycles. The fourth-order valence-electron chi connectivity index (χ4n) is 4.41. The zero-order chi connectivity index (χ0) is 21.6. The number of benzene rings is 3. The second kappa shape index (κ2) is 9.80. The third kappa shape index (κ3) is 5.33. The molecule has 0 aromatic heterocycles. The zero-order valence-electron chi connectivity index (χ0n) is 17.9. The van der Waals surface area contributed by atoms with Gasteiger partial charge in [-0.2, -0.15) is 0 Å². The molecule has 2 atom stereocenters. The van der Waals surface area contributed by atoms with Gasteiger partial charge in [0.2, 0.25) is 0 Å². The Bertz CT molecular complexity index is 1020. The lowest BCUT2D eigenvalue weighted by Gasteiger charge is -2.37. The topological polar surface area (TPSA) is 49.8 Å². The number of ether oxygens (including phenoxy) is 1. The Morgan fingerprint density at radius 1 is 1.03 bits per heavy atom. The highest BCUT2D eigenvalue weighted by molar-refractivity contribution is 5.70. The van der Waals surface area contributed by atoms with E-state index in [1.54, 1.807) is 0 Å². The number of likely N-dealkylation sites (tertiary alicyclic amines) is 1. The van der Waals surface area contributed by atoms with E-state index in [0.717, 1.165) is 36.3 Å². The van der Waals surface area contributed by atoms with E-state index in [1.807, 2.05) is 30.3 Å². The molecule has 0 radical (unpaired) electrons. The number of carboxylic acid groups (broad SMARTS) is 1. The van der Waals surface area contributed by atoms with Crippen LogP contribution in [0.5, 0.6) is 5.75 Å². The molecule has 3 aromatic carbocycles. The number of rotatable bonds is 7. The van der Waals surface area contributed by atoms with E-state index < -0.39 is 5.97 Å². The van der Waals surface area contributed by atoms with Crippen molar-refractivity contribution in [3.05, 3.63) is 101 Å². The van der Waals surface area contributed by atoms with Crippen LogP contribution < -0.4 is 4.74 Å². The predicted molar refractivity (Wildman–Crippen MR) is 122 cm³/mol. The molecule has 1 fully saturated rings. The van der Waals surface area contributed by atoms with Crippen molar-refractivity contribution in [3.63, 3.8) is 0 Å². The van der Waals surface area contributed by atoms with Gasteiger partial charge in [0.1, 0.15) is 12.4 Å². The van der Waals surface area contributed by atoms with Crippen LogP contribution in [0.2, 0.25) is 0 Å². The molecule has 1 N–H and O–H groups in total. The van der Waals surface area contributed by atoms with Gasteiger partial charge in [-0.05, 0) is 55.1 Å². The molecule has 0 amide bonds. The molecule has 4 heteroatoms. The Morgan fingerprint density at radius 2 is 1.77 bits per heavy atom. The number of aryl methyl sites for hydroxylation is 1. The third-order valence-electron chi connectivity index (χ3n) is 5.95. The fourth-order valence-corrected chi connectivity index (χ4v) is 4.41. The van der Waals surface area contributed by atoms with Gasteiger partial charge < -0.3 is 9.84 Å². The number of hydrogen-bond acceptors (Lipinski definition) is 3. The highest BCUT2D eigenvalue weighted by Gasteiger charge is 2.31. The molecule has 1 aliphatic heterocycles. The smallest absolute Gasteiger partial charge is 0.307 e. The Morgan fingerprint density at radius 3 is 2.52 bits per heavy atom. The highest BCUT2D eigenvalue weighted by Crippen LogP contribution is 2.34. The number of hydrogen-bond donors (Lipinski definition) is 1. The maximum atomic E-state index is 11.7. The molecule has 3 aromatic rings. The summed E-state index contributed by atoms with van der Waals surface area (Å²) in [6, 6.07) is 26.9. The van der Waals surface area contributed by atoms with Crippen molar-refractivity contribution in [2.24, 2.45) is 5.92 Å². The first kappa shape index (κ1) is 21.1. The van der Waals surface area contributed by atoms with Crippen LogP contribution in [0.4, 0.5) is 0 Å². The summed E-state index contributed by atoms with van der Waals surface area (Å²) in [7, 11) is 0. The van der Waals surface area contributed by atoms with Crippen LogP contribution in [0.1, 0.15) is 41.1 Å². The van der Waals surface area contributed by atoms with Crippen LogP contribution in [-0.2, 0) is 11.4 Å². The lowest BCUT2D eigenvalue weighted by Crippen LogP contribution is -2.41. The number of carboxylic acids is 1. The average molecular weight is 416 g/mol. The van der Waals surface area contributed by atoms with E-state index in [9.17, 15) is 9.90 Å². The summed E-state index contributed by atoms with van der Waals surface area (Å²) in [5.41, 5.74) is 4.64. The van der Waals surface area contributed by atoms with E-state index in [4.69, 9.17) is 4.74 Å². The molecular formula is C27H29NO3. The molecule has 0 bridgehead atoms. The molecule has 0 spiro atoms. The summed E-state index contributed by atoms with van der Waals surface area (Å²) in [4.78, 5) is 14.0. The molecule has 4 rings (SSSR count). The molecule has 160 valence electrons. The normalized spacial score (nSPS) is 17.8. The maximum absolute atomic E-state index is 11.7. The molecule has 0 saturated carbocycles. The summed E-state index contributed by atoms with van der Waals surface area (Å²) in [5, 5.41) is 9.60. The molecule has 4 nitrogen and oxygen atoms in total. The van der Waals surface area contributed by atoms with E-state index in [1.165, 1.54) is 11.1 Å². The van der Waals surface area contributed by atoms with Crippen molar-refractivity contribution in [1.82, 2.24) is 4.90 Å². The van der Waals surface area contributed by atoms with Gasteiger partial charge in [0.25, 0.3) is 0 Å². The van der Waals surface area contributed by atoms with Crippen molar-refractivity contribution < 1.29 is 14.6 Å². The quantitative estimate of drug-likeness (QED) is 0.557. The largest absolute Gasteiger partial charge is 0.489 e. The Balaban J connectivity index is 1.63. The van der Waals surface area contributed by atoms with Gasteiger partial charge in [-0.3, -0.25) is 9.69 Å². The van der Waals surface area contributed by atoms with Crippen LogP contribution in [0, 0.1) is 12.8 Å². The van der Waals surface area contributed by atoms with Crippen molar-refractivity contribution in [2.45, 2.75) is 32.4 Å². The van der Waals surface area contributed by atoms with Gasteiger partial charge in [0.15, 0.2) is 0 Å². The first-order chi connectivity index (χ1) is 15.1. The lowest BCUT2D eigenvalue weighted by atomic mass is 9.91. The molecular weight excluding hydrogens is 386 g/mol. The van der Waals surface area contributed by atoms with Crippen LogP contribution >= 0.6 is 0 Å². The van der Waals surface area contributed by atoms with Crippen molar-refractivity contribution in [3.8, 4) is 5.75 Å². The van der Waals surface area contributed by atoms with Gasteiger partial charge in [-0.1, -0.05) is 72.3 Å². The Kier molecular flexibility index (Phi) is 6.68. The van der Waals surface area contributed by atoms with Gasteiger partial charge in [-0.15, -0.1) is 0 Å². The molecule has 1 heterocycles. The van der Waals surface area contributed by atoms with E-state index >= 15 is 0 Å². The van der Waals surface area contributed by atoms with Crippen LogP contribution in [-0.4, -0.2) is 29.1 Å². The minimum absolute atomic E-state index is 0.00215. The van der Waals surface area contributed by atoms with Crippen molar-refractivity contribution >= 4 is 5.97 Å². The summed E-state index contributed by atoms with van der Waals surface area (Å²) in [6.45, 7) is 4.06. The predicted octanol–water partition coefficient (Wildman–Crippen LogP) is 5.46. The van der Waals surface area contributed by atoms with Crippen LogP contribution in [0.25, 0.3) is 0 Å². The number of piperidine rings is 1. The monoisotopic (exact) mass is 415 g/mol. The van der Waals surface area contributed by atoms with Gasteiger partial charge in [0, 0.05) is 6.54 Å². The minimum atomic E-state index is -0.701. The minimum Gasteiger partial charge on any atom is -0.489 e. The Labute approximate surface area is 184 Å². The van der Waals surface area contributed by atoms with Gasteiger partial charge >= 0.3 is 5.97 Å². The SMILES string of the molecule is Cc1cccc(C(c2cccc(OCc3ccccc3)c2)N2CCCC(C(=O)O)C2)c1. The van der Waals surface area contributed by atoms with Crippen LogP contribution in [0.3, 0.4) is 0 Å². The van der Waals surface area contributed by atoms with Gasteiger partial charge in [0.05, 0.1) is 12.0 Å². The maximum Gasteiger partial charge on any atom is 0.307 e. The van der Waals surface area contributed by atoms with E-state index in [-0.39, 0.29) is 12.0 Å². The lowest BCUT2D eigenvalue weighted by molar-refractivity contribution is -0.143. The fraction of sp³-hybridized carbons (Fsp3) is 0.296. The summed E-state index contributed by atoms with van der Waals surface area (Å²) in [5.74, 6) is -0.197. The van der Waals surface area contributed by atoms with Crippen LogP contribution in [0.15, 0.2) is 78.9 Å². The van der Waals surface area contributed by atoms with Gasteiger partial charge in [-0.25, -0.2) is 0 Å². The second-order valence-electron chi connectivity index (χ2n) is 8.34.